The van der Waals surface area contributed by atoms with Gasteiger partial charge in [-0.15, -0.1) is 0 Å². The Hall–Kier alpha value is -0.690. The Balaban J connectivity index is 1.92. The van der Waals surface area contributed by atoms with Crippen LogP contribution in [0.4, 0.5) is 0 Å². The number of esters is 1. The smallest absolute Gasteiger partial charge is 0.302 e. The van der Waals surface area contributed by atoms with Crippen LogP contribution in [0.2, 0.25) is 0 Å². The molecule has 0 saturated carbocycles. The van der Waals surface area contributed by atoms with Crippen LogP contribution in [0.1, 0.15) is 20.8 Å². The largest absolute Gasteiger partial charge is 0.463 e. The van der Waals surface area contributed by atoms with Crippen molar-refractivity contribution in [3.8, 4) is 0 Å². The molecule has 2 aliphatic heterocycles. The lowest BCUT2D eigenvalue weighted by molar-refractivity contribution is -0.220. The van der Waals surface area contributed by atoms with Gasteiger partial charge in [0.05, 0.1) is 0 Å². The molecule has 0 bridgehead atoms. The highest BCUT2D eigenvalue weighted by Gasteiger charge is 2.54. The lowest BCUT2D eigenvalue weighted by Gasteiger charge is -2.22. The maximum absolute atomic E-state index is 10.6. The minimum absolute atomic E-state index is 0.0106. The highest BCUT2D eigenvalue weighted by molar-refractivity contribution is 5.65. The normalized spacial score (nSPS) is 40.8. The van der Waals surface area contributed by atoms with Crippen molar-refractivity contribution < 1.29 is 28.8 Å². The van der Waals surface area contributed by atoms with Crippen molar-refractivity contribution in [3.63, 3.8) is 0 Å². The number of rotatable bonds is 2. The molecule has 16 heavy (non-hydrogen) atoms. The summed E-state index contributed by atoms with van der Waals surface area (Å²) < 4.78 is 21.1. The Labute approximate surface area is 93.4 Å². The predicted molar refractivity (Wildman–Crippen MR) is 51.3 cm³/mol. The molecule has 0 aromatic carbocycles. The maximum Gasteiger partial charge on any atom is 0.302 e. The first-order valence-electron chi connectivity index (χ1n) is 5.21. The van der Waals surface area contributed by atoms with E-state index in [9.17, 15) is 9.90 Å². The van der Waals surface area contributed by atoms with E-state index in [1.165, 1.54) is 6.92 Å². The third-order valence-electron chi connectivity index (χ3n) is 2.57. The fraction of sp³-hybridized carbons (Fsp3) is 0.900. The number of carbonyl (C=O) groups excluding carboxylic acids is 1. The molecule has 92 valence electrons. The van der Waals surface area contributed by atoms with Gasteiger partial charge < -0.3 is 24.1 Å². The van der Waals surface area contributed by atoms with Gasteiger partial charge in [0, 0.05) is 6.92 Å². The van der Waals surface area contributed by atoms with Crippen LogP contribution in [0, 0.1) is 0 Å². The molecule has 1 N–H and O–H groups in total. The summed E-state index contributed by atoms with van der Waals surface area (Å²) in [4.78, 5) is 10.6. The summed E-state index contributed by atoms with van der Waals surface area (Å²) in [5.41, 5.74) is 0. The second-order valence-electron chi connectivity index (χ2n) is 4.44. The predicted octanol–water partition coefficient (Wildman–Crippen LogP) is -0.213. The van der Waals surface area contributed by atoms with E-state index in [1.54, 1.807) is 13.8 Å². The Bertz CT molecular complexity index is 289. The van der Waals surface area contributed by atoms with E-state index in [2.05, 4.69) is 0 Å². The van der Waals surface area contributed by atoms with Crippen LogP contribution in [0.5, 0.6) is 0 Å². The number of fused-ring (bicyclic) bond motifs is 1. The summed E-state index contributed by atoms with van der Waals surface area (Å²) in [5, 5.41) is 9.88. The van der Waals surface area contributed by atoms with Crippen LogP contribution in [0.25, 0.3) is 0 Å². The lowest BCUT2D eigenvalue weighted by atomic mass is 10.1. The van der Waals surface area contributed by atoms with Crippen LogP contribution < -0.4 is 0 Å². The molecule has 2 saturated heterocycles. The summed E-state index contributed by atoms with van der Waals surface area (Å²) >= 11 is 0. The van der Waals surface area contributed by atoms with Gasteiger partial charge >= 0.3 is 5.97 Å². The first-order chi connectivity index (χ1) is 7.39. The molecule has 2 rings (SSSR count). The van der Waals surface area contributed by atoms with E-state index in [4.69, 9.17) is 18.9 Å². The van der Waals surface area contributed by atoms with Gasteiger partial charge in [-0.1, -0.05) is 0 Å². The molecule has 0 aliphatic carbocycles. The molecule has 2 heterocycles. The fourth-order valence-electron chi connectivity index (χ4n) is 1.90. The molecule has 0 unspecified atom stereocenters. The first kappa shape index (κ1) is 11.8. The quantitative estimate of drug-likeness (QED) is 0.664. The third kappa shape index (κ3) is 2.20. The van der Waals surface area contributed by atoms with Crippen LogP contribution in [0.15, 0.2) is 0 Å². The lowest BCUT2D eigenvalue weighted by Crippen LogP contribution is -2.36. The molecule has 0 amide bonds. The van der Waals surface area contributed by atoms with E-state index >= 15 is 0 Å². The van der Waals surface area contributed by atoms with Crippen molar-refractivity contribution in [3.05, 3.63) is 0 Å². The standard InChI is InChI=1S/C10H16O6/c1-5(11)13-4-6-7(12)8-9(14-6)16-10(2,3)15-8/h6-9,12H,4H2,1-3H3/t6-,7+,8-,9-/m0/s1. The summed E-state index contributed by atoms with van der Waals surface area (Å²) in [6.07, 6.45) is -2.54. The SMILES string of the molecule is CC(=O)OC[C@@H]1O[C@H]2OC(C)(C)O[C@H]2[C@@H]1O. The summed E-state index contributed by atoms with van der Waals surface area (Å²) in [6, 6.07) is 0. The van der Waals surface area contributed by atoms with Crippen molar-refractivity contribution in [2.75, 3.05) is 6.61 Å². The van der Waals surface area contributed by atoms with Gasteiger partial charge in [-0.05, 0) is 13.8 Å². The number of aliphatic hydroxyl groups excluding tert-OH is 1. The zero-order valence-electron chi connectivity index (χ0n) is 9.50. The van der Waals surface area contributed by atoms with Crippen LogP contribution in [0.3, 0.4) is 0 Å². The molecule has 2 fully saturated rings. The van der Waals surface area contributed by atoms with E-state index in [1.807, 2.05) is 0 Å². The number of ether oxygens (including phenoxy) is 4. The fourth-order valence-corrected chi connectivity index (χ4v) is 1.90. The third-order valence-corrected chi connectivity index (χ3v) is 2.57. The topological polar surface area (TPSA) is 74.2 Å². The summed E-state index contributed by atoms with van der Waals surface area (Å²) in [6.45, 7) is 4.82. The van der Waals surface area contributed by atoms with E-state index in [0.29, 0.717) is 0 Å². The van der Waals surface area contributed by atoms with E-state index in [-0.39, 0.29) is 6.61 Å². The van der Waals surface area contributed by atoms with Crippen LogP contribution >= 0.6 is 0 Å². The molecule has 4 atom stereocenters. The van der Waals surface area contributed by atoms with Gasteiger partial charge in [-0.25, -0.2) is 0 Å². The van der Waals surface area contributed by atoms with Gasteiger partial charge in [0.25, 0.3) is 0 Å². The Morgan fingerprint density at radius 2 is 2.12 bits per heavy atom. The summed E-state index contributed by atoms with van der Waals surface area (Å²) in [5.74, 6) is -1.15. The molecule has 6 nitrogen and oxygen atoms in total. The molecule has 6 heteroatoms. The van der Waals surface area contributed by atoms with Crippen molar-refractivity contribution in [2.45, 2.75) is 51.2 Å². The van der Waals surface area contributed by atoms with Gasteiger partial charge in [-0.3, -0.25) is 4.79 Å². The monoisotopic (exact) mass is 232 g/mol. The van der Waals surface area contributed by atoms with Crippen molar-refractivity contribution in [2.24, 2.45) is 0 Å². The molecule has 0 radical (unpaired) electrons. The molecule has 0 aromatic heterocycles. The minimum atomic E-state index is -0.842. The van der Waals surface area contributed by atoms with Crippen molar-refractivity contribution in [1.29, 1.82) is 0 Å². The Morgan fingerprint density at radius 1 is 1.44 bits per heavy atom. The summed E-state index contributed by atoms with van der Waals surface area (Å²) in [7, 11) is 0. The van der Waals surface area contributed by atoms with E-state index < -0.39 is 36.4 Å². The van der Waals surface area contributed by atoms with Crippen molar-refractivity contribution >= 4 is 5.97 Å². The number of hydrogen-bond donors (Lipinski definition) is 1. The van der Waals surface area contributed by atoms with Gasteiger partial charge in [0.1, 0.15) is 24.9 Å². The van der Waals surface area contributed by atoms with Gasteiger partial charge in [0.2, 0.25) is 0 Å². The maximum atomic E-state index is 10.6. The van der Waals surface area contributed by atoms with Crippen LogP contribution in [-0.4, -0.2) is 48.1 Å². The van der Waals surface area contributed by atoms with Crippen molar-refractivity contribution in [1.82, 2.24) is 0 Å². The van der Waals surface area contributed by atoms with E-state index in [0.717, 1.165) is 0 Å². The number of aliphatic hydroxyl groups is 1. The first-order valence-corrected chi connectivity index (χ1v) is 5.21. The zero-order chi connectivity index (χ0) is 11.9. The highest BCUT2D eigenvalue weighted by Crippen LogP contribution is 2.37. The Morgan fingerprint density at radius 3 is 2.69 bits per heavy atom. The average molecular weight is 232 g/mol. The molecule has 2 aliphatic rings. The highest BCUT2D eigenvalue weighted by atomic mass is 16.8. The average Bonchev–Trinajstić information content (AvgIpc) is 2.58. The zero-order valence-corrected chi connectivity index (χ0v) is 9.50. The molecule has 0 spiro atoms. The Kier molecular flexibility index (Phi) is 2.91. The number of hydrogen-bond acceptors (Lipinski definition) is 6. The second-order valence-corrected chi connectivity index (χ2v) is 4.44. The number of carbonyl (C=O) groups is 1. The molecule has 0 aromatic rings. The molecular weight excluding hydrogens is 216 g/mol. The second kappa shape index (κ2) is 3.96. The van der Waals surface area contributed by atoms with Gasteiger partial charge in [0.15, 0.2) is 12.1 Å². The van der Waals surface area contributed by atoms with Crippen LogP contribution in [-0.2, 0) is 23.7 Å². The molecular formula is C10H16O6. The minimum Gasteiger partial charge on any atom is -0.463 e. The van der Waals surface area contributed by atoms with Gasteiger partial charge in [-0.2, -0.15) is 0 Å².